The molecule has 4 aliphatic rings. The molecule has 0 aromatic heterocycles. The third-order valence-corrected chi connectivity index (χ3v) is 11.6. The van der Waals surface area contributed by atoms with Crippen LogP contribution in [-0.2, 0) is 4.79 Å². The molecular formula is C30H45NO2. The first-order valence-electron chi connectivity index (χ1n) is 13.5. The molecule has 4 fully saturated rings. The van der Waals surface area contributed by atoms with Gasteiger partial charge in [-0.25, -0.2) is 0 Å². The van der Waals surface area contributed by atoms with Crippen LogP contribution in [0.2, 0.25) is 0 Å². The lowest BCUT2D eigenvalue weighted by atomic mass is 9.39. The quantitative estimate of drug-likeness (QED) is 0.569. The summed E-state index contributed by atoms with van der Waals surface area (Å²) in [5.74, 6) is 2.87. The summed E-state index contributed by atoms with van der Waals surface area (Å²) in [6, 6.07) is 10.3. The Bertz CT molecular complexity index is 896. The first-order chi connectivity index (χ1) is 15.5. The molecule has 0 spiro atoms. The third kappa shape index (κ3) is 3.60. The van der Waals surface area contributed by atoms with Gasteiger partial charge in [-0.3, -0.25) is 4.79 Å². The summed E-state index contributed by atoms with van der Waals surface area (Å²) in [7, 11) is 2.06. The van der Waals surface area contributed by atoms with Crippen LogP contribution in [0.1, 0.15) is 85.5 Å². The molecule has 0 saturated heterocycles. The molecule has 0 bridgehead atoms. The Kier molecular flexibility index (Phi) is 5.55. The van der Waals surface area contributed by atoms with Gasteiger partial charge in [0.2, 0.25) is 0 Å². The van der Waals surface area contributed by atoms with Crippen molar-refractivity contribution >= 4 is 11.5 Å². The lowest BCUT2D eigenvalue weighted by Crippen LogP contribution is -2.60. The van der Waals surface area contributed by atoms with E-state index in [4.69, 9.17) is 0 Å². The van der Waals surface area contributed by atoms with E-state index in [-0.39, 0.29) is 16.7 Å². The second kappa shape index (κ2) is 7.83. The van der Waals surface area contributed by atoms with Gasteiger partial charge in [-0.05, 0) is 111 Å². The van der Waals surface area contributed by atoms with E-state index < -0.39 is 5.60 Å². The lowest BCUT2D eigenvalue weighted by molar-refractivity contribution is -0.189. The summed E-state index contributed by atoms with van der Waals surface area (Å²) < 4.78 is 0. The zero-order valence-electron chi connectivity index (χ0n) is 21.6. The highest BCUT2D eigenvalue weighted by Gasteiger charge is 2.64. The molecule has 0 unspecified atom stereocenters. The second-order valence-corrected chi connectivity index (χ2v) is 13.4. The van der Waals surface area contributed by atoms with E-state index in [2.05, 4.69) is 51.8 Å². The molecule has 1 N–H and O–H groups in total. The van der Waals surface area contributed by atoms with Gasteiger partial charge in [-0.1, -0.05) is 39.0 Å². The van der Waals surface area contributed by atoms with E-state index in [0.717, 1.165) is 43.2 Å². The fourth-order valence-corrected chi connectivity index (χ4v) is 9.58. The topological polar surface area (TPSA) is 40.5 Å². The van der Waals surface area contributed by atoms with Gasteiger partial charge >= 0.3 is 0 Å². The fraction of sp³-hybridized carbons (Fsp3) is 0.767. The summed E-state index contributed by atoms with van der Waals surface area (Å²) >= 11 is 0. The third-order valence-electron chi connectivity index (χ3n) is 11.6. The minimum atomic E-state index is -0.500. The largest absolute Gasteiger partial charge is 0.390 e. The molecule has 182 valence electrons. The highest BCUT2D eigenvalue weighted by atomic mass is 16.3. The maximum Gasteiger partial charge on any atom is 0.155 e. The molecule has 0 radical (unpaired) electrons. The molecule has 33 heavy (non-hydrogen) atoms. The molecule has 3 heteroatoms. The van der Waals surface area contributed by atoms with Crippen LogP contribution in [0.15, 0.2) is 30.3 Å². The minimum Gasteiger partial charge on any atom is -0.390 e. The van der Waals surface area contributed by atoms with Crippen LogP contribution in [0.25, 0.3) is 0 Å². The van der Waals surface area contributed by atoms with Crippen molar-refractivity contribution in [2.75, 3.05) is 18.5 Å². The van der Waals surface area contributed by atoms with E-state index in [1.54, 1.807) is 0 Å². The highest BCUT2D eigenvalue weighted by molar-refractivity contribution is 5.86. The van der Waals surface area contributed by atoms with Crippen LogP contribution in [0.5, 0.6) is 0 Å². The van der Waals surface area contributed by atoms with Crippen molar-refractivity contribution in [1.82, 2.24) is 0 Å². The molecule has 8 atom stereocenters. The molecule has 0 aliphatic heterocycles. The fourth-order valence-electron chi connectivity index (χ4n) is 9.58. The van der Waals surface area contributed by atoms with Gasteiger partial charge < -0.3 is 10.0 Å². The maximum atomic E-state index is 13.6. The van der Waals surface area contributed by atoms with E-state index >= 15 is 0 Å². The second-order valence-electron chi connectivity index (χ2n) is 13.4. The monoisotopic (exact) mass is 451 g/mol. The Morgan fingerprint density at radius 1 is 0.939 bits per heavy atom. The lowest BCUT2D eigenvalue weighted by Gasteiger charge is -2.66. The van der Waals surface area contributed by atoms with Crippen LogP contribution in [0.4, 0.5) is 5.69 Å². The molecule has 4 saturated carbocycles. The van der Waals surface area contributed by atoms with Gasteiger partial charge in [-0.2, -0.15) is 0 Å². The zero-order chi connectivity index (χ0) is 23.6. The van der Waals surface area contributed by atoms with Crippen molar-refractivity contribution in [3.8, 4) is 0 Å². The number of Topliss-reactive ketones (excluding diaryl/α,β-unsaturated/α-hetero) is 1. The average molecular weight is 452 g/mol. The Balaban J connectivity index is 1.34. The number of rotatable bonds is 4. The van der Waals surface area contributed by atoms with Crippen LogP contribution < -0.4 is 4.90 Å². The van der Waals surface area contributed by atoms with Crippen LogP contribution in [0.3, 0.4) is 0 Å². The molecule has 1 aromatic carbocycles. The number of aliphatic hydroxyl groups is 1. The number of carbonyl (C=O) groups is 1. The Morgan fingerprint density at radius 3 is 2.39 bits per heavy atom. The van der Waals surface area contributed by atoms with Crippen molar-refractivity contribution in [2.45, 2.75) is 91.1 Å². The van der Waals surface area contributed by atoms with Gasteiger partial charge in [0.1, 0.15) is 0 Å². The van der Waals surface area contributed by atoms with Crippen molar-refractivity contribution < 1.29 is 9.90 Å². The van der Waals surface area contributed by atoms with Gasteiger partial charge in [-0.15, -0.1) is 0 Å². The van der Waals surface area contributed by atoms with E-state index in [1.807, 2.05) is 18.2 Å². The molecule has 5 rings (SSSR count). The summed E-state index contributed by atoms with van der Waals surface area (Å²) in [4.78, 5) is 15.7. The standard InChI is InChI=1S/C30H45NO2/c1-27-15-13-22-23-11-12-25(26(32)19-31(5)21-9-7-6-8-10-21)29(23,3)16-14-24(22)30(27,4)18-17-28(2,33)20-27/h6-10,22-25,33H,11-20H2,1-5H3/t22-,23-,24-,25+,27+,28+,29-,30+/m0/s1. The number of carbonyl (C=O) groups excluding carboxylic acids is 1. The van der Waals surface area contributed by atoms with Crippen molar-refractivity contribution in [3.63, 3.8) is 0 Å². The number of hydrogen-bond donors (Lipinski definition) is 1. The van der Waals surface area contributed by atoms with Gasteiger partial charge in [0.05, 0.1) is 12.1 Å². The van der Waals surface area contributed by atoms with Gasteiger partial charge in [0.15, 0.2) is 5.78 Å². The maximum absolute atomic E-state index is 13.6. The summed E-state index contributed by atoms with van der Waals surface area (Å²) in [6.45, 7) is 10.1. The van der Waals surface area contributed by atoms with E-state index in [0.29, 0.717) is 23.7 Å². The number of hydrogen-bond acceptors (Lipinski definition) is 3. The highest BCUT2D eigenvalue weighted by Crippen LogP contribution is 2.71. The molecule has 1 aromatic rings. The average Bonchev–Trinajstić information content (AvgIpc) is 3.12. The minimum absolute atomic E-state index is 0.167. The normalized spacial score (nSPS) is 46.7. The Labute approximate surface area is 201 Å². The predicted octanol–water partition coefficient (Wildman–Crippen LogP) is 6.49. The molecule has 0 amide bonds. The van der Waals surface area contributed by atoms with Crippen molar-refractivity contribution in [2.24, 2.45) is 39.9 Å². The molecule has 0 heterocycles. The summed E-state index contributed by atoms with van der Waals surface area (Å²) in [5.41, 5.74) is 1.37. The van der Waals surface area contributed by atoms with Crippen LogP contribution >= 0.6 is 0 Å². The number of anilines is 1. The first-order valence-corrected chi connectivity index (χ1v) is 13.5. The number of likely N-dealkylation sites (N-methyl/N-ethyl adjacent to an activating group) is 1. The Hall–Kier alpha value is -1.35. The summed E-state index contributed by atoms with van der Waals surface area (Å²) in [6.07, 6.45) is 10.4. The number of nitrogens with zero attached hydrogens (tertiary/aromatic N) is 1. The predicted molar refractivity (Wildman–Crippen MR) is 135 cm³/mol. The Morgan fingerprint density at radius 2 is 1.67 bits per heavy atom. The van der Waals surface area contributed by atoms with Crippen molar-refractivity contribution in [1.29, 1.82) is 0 Å². The van der Waals surface area contributed by atoms with Gasteiger partial charge in [0, 0.05) is 18.7 Å². The number of para-hydroxylation sites is 1. The first kappa shape index (κ1) is 23.4. The zero-order valence-corrected chi connectivity index (χ0v) is 21.6. The molecule has 4 aliphatic carbocycles. The number of ketones is 1. The van der Waals surface area contributed by atoms with Crippen molar-refractivity contribution in [3.05, 3.63) is 30.3 Å². The smallest absolute Gasteiger partial charge is 0.155 e. The number of benzene rings is 1. The van der Waals surface area contributed by atoms with Crippen LogP contribution in [0, 0.1) is 39.9 Å². The molecule has 3 nitrogen and oxygen atoms in total. The van der Waals surface area contributed by atoms with E-state index in [1.165, 1.54) is 32.1 Å². The number of fused-ring (bicyclic) bond motifs is 5. The SMILES string of the molecule is CN(CC(=O)[C@H]1CC[C@H]2[C@@H]3CC[C@]4(C)C[C@](C)(O)CC[C@]4(C)[C@H]3CC[C@]12C)c1ccccc1. The summed E-state index contributed by atoms with van der Waals surface area (Å²) in [5, 5.41) is 10.9. The molecular weight excluding hydrogens is 406 g/mol. The van der Waals surface area contributed by atoms with Crippen LogP contribution in [-0.4, -0.2) is 30.1 Å². The van der Waals surface area contributed by atoms with Gasteiger partial charge in [0.25, 0.3) is 0 Å². The van der Waals surface area contributed by atoms with E-state index in [9.17, 15) is 9.90 Å².